The highest BCUT2D eigenvalue weighted by Crippen LogP contribution is 2.42. The monoisotopic (exact) mass is 416 g/mol. The van der Waals surface area contributed by atoms with Crippen LogP contribution in [0.1, 0.15) is 69.4 Å². The highest BCUT2D eigenvalue weighted by molar-refractivity contribution is 7.13. The van der Waals surface area contributed by atoms with E-state index in [0.717, 1.165) is 63.1 Å². The number of carbonyl (C=O) groups is 2. The normalized spacial score (nSPS) is 18.1. The molecule has 0 saturated heterocycles. The third-order valence-electron chi connectivity index (χ3n) is 6.04. The topological polar surface area (TPSA) is 102 Å². The van der Waals surface area contributed by atoms with Gasteiger partial charge >= 0.3 is 0 Å². The van der Waals surface area contributed by atoms with Crippen molar-refractivity contribution in [3.8, 4) is 0 Å². The van der Waals surface area contributed by atoms with Crippen molar-refractivity contribution in [1.29, 1.82) is 0 Å². The van der Waals surface area contributed by atoms with Crippen molar-refractivity contribution >= 4 is 28.3 Å². The van der Waals surface area contributed by atoms with Gasteiger partial charge in [0.2, 0.25) is 11.8 Å². The predicted molar refractivity (Wildman–Crippen MR) is 110 cm³/mol. The summed E-state index contributed by atoms with van der Waals surface area (Å²) in [6.07, 6.45) is 10.8. The summed E-state index contributed by atoms with van der Waals surface area (Å²) in [7, 11) is 0. The van der Waals surface area contributed by atoms with Crippen LogP contribution in [0, 0.1) is 5.41 Å². The number of aromatic nitrogens is 4. The van der Waals surface area contributed by atoms with Gasteiger partial charge in [-0.3, -0.25) is 9.59 Å². The molecule has 2 aromatic heterocycles. The second-order valence-electron chi connectivity index (χ2n) is 8.22. The van der Waals surface area contributed by atoms with E-state index in [4.69, 9.17) is 0 Å². The number of aryl methyl sites for hydroxylation is 1. The Hall–Kier alpha value is -2.29. The maximum absolute atomic E-state index is 12.8. The van der Waals surface area contributed by atoms with Crippen molar-refractivity contribution in [2.45, 2.75) is 77.3 Å². The van der Waals surface area contributed by atoms with Gasteiger partial charge in [0.1, 0.15) is 5.82 Å². The molecule has 0 atom stereocenters. The highest BCUT2D eigenvalue weighted by atomic mass is 32.1. The summed E-state index contributed by atoms with van der Waals surface area (Å²) >= 11 is 1.41. The molecule has 1 saturated carbocycles. The van der Waals surface area contributed by atoms with E-state index < -0.39 is 0 Å². The molecule has 2 aliphatic rings. The molecule has 0 unspecified atom stereocenters. The Morgan fingerprint density at radius 3 is 2.69 bits per heavy atom. The lowest BCUT2D eigenvalue weighted by atomic mass is 9.69. The number of nitrogens with one attached hydrogen (secondary N) is 2. The number of anilines is 1. The van der Waals surface area contributed by atoms with E-state index in [1.165, 1.54) is 17.8 Å². The first-order valence-corrected chi connectivity index (χ1v) is 11.4. The first kappa shape index (κ1) is 20.0. The number of amides is 2. The van der Waals surface area contributed by atoms with Crippen molar-refractivity contribution in [2.24, 2.45) is 5.41 Å². The van der Waals surface area contributed by atoms with Gasteiger partial charge in [-0.05, 0) is 31.1 Å². The molecule has 0 spiro atoms. The molecule has 0 aromatic carbocycles. The van der Waals surface area contributed by atoms with E-state index in [0.29, 0.717) is 24.5 Å². The molecule has 29 heavy (non-hydrogen) atoms. The molecular formula is C20H28N6O2S. The van der Waals surface area contributed by atoms with Crippen LogP contribution in [-0.4, -0.2) is 31.6 Å². The van der Waals surface area contributed by atoms with Gasteiger partial charge in [-0.1, -0.05) is 19.3 Å². The molecule has 2 aromatic rings. The zero-order valence-corrected chi connectivity index (χ0v) is 17.5. The Morgan fingerprint density at radius 2 is 1.90 bits per heavy atom. The van der Waals surface area contributed by atoms with Gasteiger partial charge in [-0.25, -0.2) is 4.98 Å². The van der Waals surface area contributed by atoms with Gasteiger partial charge in [0.25, 0.3) is 0 Å². The van der Waals surface area contributed by atoms with Crippen LogP contribution in [0.15, 0.2) is 11.6 Å². The molecule has 156 valence electrons. The molecule has 3 heterocycles. The SMILES string of the molecule is O=C(CC1(CC(=O)Nc2nccs2)CCCCC1)NCc1nnc2n1CCCC2. The maximum Gasteiger partial charge on any atom is 0.226 e. The van der Waals surface area contributed by atoms with Crippen molar-refractivity contribution < 1.29 is 9.59 Å². The number of rotatable bonds is 7. The minimum atomic E-state index is -0.270. The van der Waals surface area contributed by atoms with Crippen LogP contribution < -0.4 is 10.6 Å². The number of thiazole rings is 1. The Bertz CT molecular complexity index is 841. The first-order valence-electron chi connectivity index (χ1n) is 10.5. The molecule has 2 N–H and O–H groups in total. The summed E-state index contributed by atoms with van der Waals surface area (Å²) in [5, 5.41) is 16.8. The number of nitrogens with zero attached hydrogens (tertiary/aromatic N) is 4. The zero-order chi connectivity index (χ0) is 20.1. The summed E-state index contributed by atoms with van der Waals surface area (Å²) in [6.45, 7) is 1.32. The molecule has 8 nitrogen and oxygen atoms in total. The average molecular weight is 417 g/mol. The Balaban J connectivity index is 1.35. The molecule has 4 rings (SSSR count). The van der Waals surface area contributed by atoms with E-state index in [1.807, 2.05) is 5.38 Å². The third kappa shape index (κ3) is 5.01. The average Bonchev–Trinajstić information content (AvgIpc) is 3.36. The van der Waals surface area contributed by atoms with Crippen LogP contribution >= 0.6 is 11.3 Å². The lowest BCUT2D eigenvalue weighted by molar-refractivity contribution is -0.126. The molecule has 1 fully saturated rings. The summed E-state index contributed by atoms with van der Waals surface area (Å²) in [6, 6.07) is 0. The zero-order valence-electron chi connectivity index (χ0n) is 16.7. The standard InChI is InChI=1S/C20H28N6O2S/c27-17(22-14-16-25-24-15-6-2-5-10-26(15)16)12-20(7-3-1-4-8-20)13-18(28)23-19-21-9-11-29-19/h9,11H,1-8,10,12-14H2,(H,22,27)(H,21,23,28). The predicted octanol–water partition coefficient (Wildman–Crippen LogP) is 3.06. The molecule has 9 heteroatoms. The Kier molecular flexibility index (Phi) is 6.22. The van der Waals surface area contributed by atoms with Gasteiger partial charge in [-0.15, -0.1) is 21.5 Å². The summed E-state index contributed by atoms with van der Waals surface area (Å²) in [5.74, 6) is 1.78. The molecule has 0 radical (unpaired) electrons. The molecular weight excluding hydrogens is 388 g/mol. The second kappa shape index (κ2) is 9.02. The molecule has 1 aliphatic heterocycles. The van der Waals surface area contributed by atoms with Crippen LogP contribution in [-0.2, 0) is 29.1 Å². The van der Waals surface area contributed by atoms with Crippen molar-refractivity contribution in [3.05, 3.63) is 23.2 Å². The van der Waals surface area contributed by atoms with Crippen molar-refractivity contribution in [3.63, 3.8) is 0 Å². The lowest BCUT2D eigenvalue weighted by Gasteiger charge is -2.36. The fraction of sp³-hybridized carbons (Fsp3) is 0.650. The molecule has 0 bridgehead atoms. The number of carbonyl (C=O) groups excluding carboxylic acids is 2. The van der Waals surface area contributed by atoms with E-state index in [1.54, 1.807) is 6.20 Å². The summed E-state index contributed by atoms with van der Waals surface area (Å²) in [4.78, 5) is 29.5. The van der Waals surface area contributed by atoms with Crippen LogP contribution in [0.5, 0.6) is 0 Å². The van der Waals surface area contributed by atoms with Gasteiger partial charge in [0.15, 0.2) is 11.0 Å². The summed E-state index contributed by atoms with van der Waals surface area (Å²) in [5.41, 5.74) is -0.270. The maximum atomic E-state index is 12.8. The number of hydrogen-bond donors (Lipinski definition) is 2. The quantitative estimate of drug-likeness (QED) is 0.722. The summed E-state index contributed by atoms with van der Waals surface area (Å²) < 4.78 is 2.13. The van der Waals surface area contributed by atoms with E-state index in [9.17, 15) is 9.59 Å². The van der Waals surface area contributed by atoms with E-state index >= 15 is 0 Å². The van der Waals surface area contributed by atoms with Gasteiger partial charge < -0.3 is 15.2 Å². The lowest BCUT2D eigenvalue weighted by Crippen LogP contribution is -2.36. The first-order chi connectivity index (χ1) is 14.1. The second-order valence-corrected chi connectivity index (χ2v) is 9.11. The number of fused-ring (bicyclic) bond motifs is 1. The van der Waals surface area contributed by atoms with Gasteiger partial charge in [0, 0.05) is 37.4 Å². The Morgan fingerprint density at radius 1 is 1.07 bits per heavy atom. The minimum Gasteiger partial charge on any atom is -0.349 e. The van der Waals surface area contributed by atoms with Crippen molar-refractivity contribution in [1.82, 2.24) is 25.1 Å². The fourth-order valence-corrected chi connectivity index (χ4v) is 5.13. The highest BCUT2D eigenvalue weighted by Gasteiger charge is 2.36. The smallest absolute Gasteiger partial charge is 0.226 e. The van der Waals surface area contributed by atoms with E-state index in [2.05, 4.69) is 30.4 Å². The van der Waals surface area contributed by atoms with Crippen LogP contribution in [0.4, 0.5) is 5.13 Å². The van der Waals surface area contributed by atoms with Crippen LogP contribution in [0.3, 0.4) is 0 Å². The van der Waals surface area contributed by atoms with Crippen molar-refractivity contribution in [2.75, 3.05) is 5.32 Å². The van der Waals surface area contributed by atoms with E-state index in [-0.39, 0.29) is 17.2 Å². The Labute approximate surface area is 174 Å². The molecule has 1 aliphatic carbocycles. The van der Waals surface area contributed by atoms with Gasteiger partial charge in [-0.2, -0.15) is 0 Å². The fourth-order valence-electron chi connectivity index (χ4n) is 4.59. The largest absolute Gasteiger partial charge is 0.349 e. The number of hydrogen-bond acceptors (Lipinski definition) is 6. The van der Waals surface area contributed by atoms with Gasteiger partial charge in [0.05, 0.1) is 6.54 Å². The van der Waals surface area contributed by atoms with Crippen LogP contribution in [0.25, 0.3) is 0 Å². The third-order valence-corrected chi connectivity index (χ3v) is 6.73. The minimum absolute atomic E-state index is 0.0119. The van der Waals surface area contributed by atoms with Crippen LogP contribution in [0.2, 0.25) is 0 Å². The molecule has 2 amide bonds.